The second kappa shape index (κ2) is 14.1. The summed E-state index contributed by atoms with van der Waals surface area (Å²) in [6.45, 7) is 1.04. The fourth-order valence-corrected chi connectivity index (χ4v) is 3.46. The van der Waals surface area contributed by atoms with E-state index in [4.69, 9.17) is 9.47 Å². The summed E-state index contributed by atoms with van der Waals surface area (Å²) < 4.78 is 23.6. The highest BCUT2D eigenvalue weighted by atomic mass is 19.1. The van der Waals surface area contributed by atoms with Gasteiger partial charge in [0.1, 0.15) is 42.3 Å². The number of carbonyl (C=O) groups excluding carboxylic acids is 3. The van der Waals surface area contributed by atoms with Crippen LogP contribution in [-0.2, 0) is 23.9 Å². The first-order chi connectivity index (χ1) is 17.8. The first-order valence-corrected chi connectivity index (χ1v) is 11.6. The quantitative estimate of drug-likeness (QED) is 0.133. The molecule has 3 amide bonds. The highest BCUT2D eigenvalue weighted by Crippen LogP contribution is 2.22. The predicted octanol–water partition coefficient (Wildman–Crippen LogP) is -2.92. The van der Waals surface area contributed by atoms with E-state index in [0.717, 1.165) is 12.1 Å². The summed E-state index contributed by atoms with van der Waals surface area (Å²) in [4.78, 5) is 49.0. The van der Waals surface area contributed by atoms with Gasteiger partial charge in [-0.2, -0.15) is 0 Å². The lowest BCUT2D eigenvalue weighted by molar-refractivity contribution is -0.301. The molecule has 0 saturated carbocycles. The van der Waals surface area contributed by atoms with Gasteiger partial charge in [-0.15, -0.1) is 0 Å². The number of hydrogen-bond acceptors (Lipinski definition) is 10. The highest BCUT2D eigenvalue weighted by molar-refractivity contribution is 5.97. The van der Waals surface area contributed by atoms with Gasteiger partial charge < -0.3 is 51.0 Å². The Morgan fingerprint density at radius 3 is 2.21 bits per heavy atom. The number of carbonyl (C=O) groups is 4. The normalized spacial score (nSPS) is 24.8. The molecule has 7 atom stereocenters. The SMILES string of the molecule is CC(C)[C@H](NC(=O)[C@H](CO[C@@H]1O[C@H](CO)[C@H](O)[C@H](O)[C@H]1O)NC(=O)CNC(=O)c1ccc(F)cc1)C(=O)O. The fourth-order valence-electron chi connectivity index (χ4n) is 3.46. The Morgan fingerprint density at radius 1 is 1.03 bits per heavy atom. The molecule has 15 heteroatoms. The number of carboxylic acid groups (broad SMARTS) is 1. The van der Waals surface area contributed by atoms with E-state index in [1.54, 1.807) is 13.8 Å². The Morgan fingerprint density at radius 2 is 1.66 bits per heavy atom. The van der Waals surface area contributed by atoms with E-state index in [2.05, 4.69) is 16.0 Å². The zero-order valence-corrected chi connectivity index (χ0v) is 20.6. The maximum absolute atomic E-state index is 13.0. The average Bonchev–Trinajstić information content (AvgIpc) is 2.87. The molecule has 1 aromatic rings. The van der Waals surface area contributed by atoms with Crippen molar-refractivity contribution in [2.45, 2.75) is 56.6 Å². The van der Waals surface area contributed by atoms with E-state index < -0.39 is 98.0 Å². The van der Waals surface area contributed by atoms with Gasteiger partial charge in [-0.1, -0.05) is 13.8 Å². The smallest absolute Gasteiger partial charge is 0.326 e. The minimum Gasteiger partial charge on any atom is -0.480 e. The summed E-state index contributed by atoms with van der Waals surface area (Å²) in [7, 11) is 0. The number of halogens is 1. The summed E-state index contributed by atoms with van der Waals surface area (Å²) in [5, 5.41) is 55.4. The van der Waals surface area contributed by atoms with Crippen molar-refractivity contribution >= 4 is 23.7 Å². The van der Waals surface area contributed by atoms with E-state index in [9.17, 15) is 49.1 Å². The Balaban J connectivity index is 2.09. The van der Waals surface area contributed by atoms with E-state index in [1.165, 1.54) is 12.1 Å². The zero-order valence-electron chi connectivity index (χ0n) is 20.6. The van der Waals surface area contributed by atoms with Crippen LogP contribution >= 0.6 is 0 Å². The third-order valence-electron chi connectivity index (χ3n) is 5.67. The fraction of sp³-hybridized carbons (Fsp3) is 0.565. The lowest BCUT2D eigenvalue weighted by Gasteiger charge is -2.40. The number of nitrogens with one attached hydrogen (secondary N) is 3. The second-order valence-electron chi connectivity index (χ2n) is 8.91. The summed E-state index contributed by atoms with van der Waals surface area (Å²) in [6.07, 6.45) is -8.12. The minimum absolute atomic E-state index is 0.0701. The van der Waals surface area contributed by atoms with Gasteiger partial charge in [0.15, 0.2) is 6.29 Å². The molecule has 0 spiro atoms. The molecule has 38 heavy (non-hydrogen) atoms. The van der Waals surface area contributed by atoms with Gasteiger partial charge in [0.2, 0.25) is 11.8 Å². The van der Waals surface area contributed by atoms with Gasteiger partial charge in [-0.25, -0.2) is 9.18 Å². The van der Waals surface area contributed by atoms with Crippen molar-refractivity contribution in [1.82, 2.24) is 16.0 Å². The van der Waals surface area contributed by atoms with Crippen molar-refractivity contribution < 1.29 is 58.6 Å². The van der Waals surface area contributed by atoms with Gasteiger partial charge in [0, 0.05) is 5.56 Å². The van der Waals surface area contributed by atoms with Crippen molar-refractivity contribution in [2.24, 2.45) is 5.92 Å². The lowest BCUT2D eigenvalue weighted by atomic mass is 9.99. The van der Waals surface area contributed by atoms with Crippen LogP contribution in [0.5, 0.6) is 0 Å². The van der Waals surface area contributed by atoms with Crippen molar-refractivity contribution in [3.63, 3.8) is 0 Å². The third kappa shape index (κ3) is 8.41. The standard InChI is InChI=1S/C23H32FN3O11/c1-10(2)16(22(35)36)27-21(34)13(9-37-23-19(32)18(31)17(30)14(8-28)38-23)26-15(29)7-25-20(33)11-3-5-12(24)6-4-11/h3-6,10,13-14,16-19,23,28,30-32H,7-9H2,1-2H3,(H,25,33)(H,26,29)(H,27,34)(H,35,36)/t13-,14+,16-,17-,18-,19+,23+/m0/s1. The summed E-state index contributed by atoms with van der Waals surface area (Å²) in [5.74, 6) is -4.99. The van der Waals surface area contributed by atoms with E-state index in [1.807, 2.05) is 0 Å². The molecule has 1 fully saturated rings. The molecule has 1 aromatic carbocycles. The van der Waals surface area contributed by atoms with Gasteiger partial charge in [-0.3, -0.25) is 14.4 Å². The largest absolute Gasteiger partial charge is 0.480 e. The monoisotopic (exact) mass is 545 g/mol. The lowest BCUT2D eigenvalue weighted by Crippen LogP contribution is -2.60. The Labute approximate surface area is 216 Å². The van der Waals surface area contributed by atoms with E-state index >= 15 is 0 Å². The molecule has 0 radical (unpaired) electrons. The summed E-state index contributed by atoms with van der Waals surface area (Å²) in [6, 6.07) is 1.63. The molecular formula is C23H32FN3O11. The van der Waals surface area contributed by atoms with Gasteiger partial charge in [-0.05, 0) is 30.2 Å². The molecule has 0 unspecified atom stereocenters. The molecule has 0 aromatic heterocycles. The van der Waals surface area contributed by atoms with Crippen LogP contribution in [0.2, 0.25) is 0 Å². The molecule has 1 saturated heterocycles. The molecule has 1 aliphatic heterocycles. The first kappa shape index (κ1) is 31.0. The number of carboxylic acids is 1. The zero-order chi connectivity index (χ0) is 28.6. The highest BCUT2D eigenvalue weighted by Gasteiger charge is 2.44. The maximum Gasteiger partial charge on any atom is 0.326 e. The molecule has 0 bridgehead atoms. The number of rotatable bonds is 12. The Hall–Kier alpha value is -3.21. The van der Waals surface area contributed by atoms with Crippen molar-refractivity contribution in [2.75, 3.05) is 19.8 Å². The number of ether oxygens (including phenoxy) is 2. The van der Waals surface area contributed by atoms with Crippen LogP contribution < -0.4 is 16.0 Å². The second-order valence-corrected chi connectivity index (χ2v) is 8.91. The van der Waals surface area contributed by atoms with Crippen LogP contribution in [0.3, 0.4) is 0 Å². The minimum atomic E-state index is -1.79. The van der Waals surface area contributed by atoms with Crippen LogP contribution in [0.15, 0.2) is 24.3 Å². The Kier molecular flexibility index (Phi) is 11.5. The topological polar surface area (TPSA) is 224 Å². The van der Waals surface area contributed by atoms with E-state index in [-0.39, 0.29) is 5.56 Å². The summed E-state index contributed by atoms with van der Waals surface area (Å²) in [5.41, 5.74) is 0.0701. The number of benzene rings is 1. The van der Waals surface area contributed by atoms with Gasteiger partial charge in [0.05, 0.1) is 19.8 Å². The number of aliphatic carboxylic acids is 1. The van der Waals surface area contributed by atoms with Crippen LogP contribution in [0.4, 0.5) is 4.39 Å². The van der Waals surface area contributed by atoms with Crippen molar-refractivity contribution in [3.8, 4) is 0 Å². The molecule has 14 nitrogen and oxygen atoms in total. The van der Waals surface area contributed by atoms with Gasteiger partial charge >= 0.3 is 5.97 Å². The molecule has 1 aliphatic rings. The third-order valence-corrected chi connectivity index (χ3v) is 5.67. The maximum atomic E-state index is 13.0. The van der Waals surface area contributed by atoms with Crippen LogP contribution in [0.25, 0.3) is 0 Å². The predicted molar refractivity (Wildman–Crippen MR) is 125 cm³/mol. The molecule has 0 aliphatic carbocycles. The number of amides is 3. The van der Waals surface area contributed by atoms with Crippen LogP contribution in [0, 0.1) is 11.7 Å². The number of aliphatic hydroxyl groups is 4. The molecule has 8 N–H and O–H groups in total. The Bertz CT molecular complexity index is 976. The first-order valence-electron chi connectivity index (χ1n) is 11.6. The molecule has 2 rings (SSSR count). The summed E-state index contributed by atoms with van der Waals surface area (Å²) >= 11 is 0. The van der Waals surface area contributed by atoms with Crippen LogP contribution in [-0.4, -0.2) is 112 Å². The number of hydrogen-bond donors (Lipinski definition) is 8. The van der Waals surface area contributed by atoms with E-state index in [0.29, 0.717) is 0 Å². The van der Waals surface area contributed by atoms with Gasteiger partial charge in [0.25, 0.3) is 5.91 Å². The number of aliphatic hydroxyl groups excluding tert-OH is 4. The molecular weight excluding hydrogens is 513 g/mol. The average molecular weight is 546 g/mol. The van der Waals surface area contributed by atoms with Crippen molar-refractivity contribution in [3.05, 3.63) is 35.6 Å². The molecule has 212 valence electrons. The van der Waals surface area contributed by atoms with Crippen LogP contribution in [0.1, 0.15) is 24.2 Å². The molecule has 1 heterocycles. The van der Waals surface area contributed by atoms with Crippen molar-refractivity contribution in [1.29, 1.82) is 0 Å².